The van der Waals surface area contributed by atoms with Crippen LogP contribution in [0.3, 0.4) is 0 Å². The summed E-state index contributed by atoms with van der Waals surface area (Å²) in [5, 5.41) is 8.85. The molecule has 3 saturated heterocycles. The Bertz CT molecular complexity index is 1170. The maximum Gasteiger partial charge on any atom is 0.323 e. The van der Waals surface area contributed by atoms with E-state index in [4.69, 9.17) is 0 Å². The molecule has 2 bridgehead atoms. The van der Waals surface area contributed by atoms with Gasteiger partial charge in [-0.05, 0) is 67.6 Å². The van der Waals surface area contributed by atoms with Gasteiger partial charge in [-0.25, -0.2) is 13.6 Å². The smallest absolute Gasteiger partial charge is 0.323 e. The molecular formula is C23H22F2N4O2S. The van der Waals surface area contributed by atoms with Crippen LogP contribution in [-0.4, -0.2) is 42.5 Å². The third-order valence-corrected chi connectivity index (χ3v) is 7.27. The number of carbonyl (C=O) groups is 2. The van der Waals surface area contributed by atoms with Crippen LogP contribution in [0.2, 0.25) is 0 Å². The van der Waals surface area contributed by atoms with Crippen LogP contribution in [0.15, 0.2) is 42.5 Å². The van der Waals surface area contributed by atoms with E-state index in [0.717, 1.165) is 54.7 Å². The number of thiophene rings is 1. The monoisotopic (exact) mass is 456 g/mol. The number of rotatable bonds is 4. The lowest BCUT2D eigenvalue weighted by Crippen LogP contribution is -2.57. The second-order valence-electron chi connectivity index (χ2n) is 8.26. The van der Waals surface area contributed by atoms with Crippen LogP contribution < -0.4 is 16.0 Å². The SMILES string of the molecule is O=C(Nc1ccc2cc(C(=O)N[C@H]3CN4CCC3CC4)sc2c1)Nc1c(F)cccc1F. The van der Waals surface area contributed by atoms with E-state index in [1.807, 2.05) is 6.07 Å². The van der Waals surface area contributed by atoms with Crippen molar-refractivity contribution in [3.05, 3.63) is 59.0 Å². The molecule has 1 atom stereocenters. The standard InChI is InChI=1S/C23H22F2N4O2S/c24-16-2-1-3-17(25)21(16)28-23(31)26-15-5-4-14-10-20(32-19(14)11-15)22(30)27-18-12-29-8-6-13(18)7-9-29/h1-5,10-11,13,18H,6-9,12H2,(H,27,30)(H2,26,28,31)/t18-/m0/s1. The van der Waals surface area contributed by atoms with Gasteiger partial charge in [-0.2, -0.15) is 0 Å². The fourth-order valence-corrected chi connectivity index (χ4v) is 5.49. The van der Waals surface area contributed by atoms with Gasteiger partial charge in [0.15, 0.2) is 0 Å². The van der Waals surface area contributed by atoms with Gasteiger partial charge in [-0.1, -0.05) is 12.1 Å². The van der Waals surface area contributed by atoms with Crippen LogP contribution in [0.1, 0.15) is 22.5 Å². The predicted molar refractivity (Wildman–Crippen MR) is 121 cm³/mol. The van der Waals surface area contributed by atoms with E-state index >= 15 is 0 Å². The number of hydrogen-bond donors (Lipinski definition) is 3. The van der Waals surface area contributed by atoms with Gasteiger partial charge in [0.2, 0.25) is 0 Å². The molecule has 32 heavy (non-hydrogen) atoms. The van der Waals surface area contributed by atoms with E-state index in [0.29, 0.717) is 16.5 Å². The second kappa shape index (κ2) is 8.48. The number of piperidine rings is 3. The molecule has 9 heteroatoms. The van der Waals surface area contributed by atoms with Crippen molar-refractivity contribution in [2.75, 3.05) is 30.3 Å². The number of urea groups is 1. The average Bonchev–Trinajstić information content (AvgIpc) is 3.21. The van der Waals surface area contributed by atoms with Gasteiger partial charge in [0, 0.05) is 23.0 Å². The molecule has 2 aromatic carbocycles. The molecular weight excluding hydrogens is 434 g/mol. The molecule has 0 radical (unpaired) electrons. The molecule has 4 heterocycles. The highest BCUT2D eigenvalue weighted by Gasteiger charge is 2.35. The first-order chi connectivity index (χ1) is 15.5. The lowest BCUT2D eigenvalue weighted by molar-refractivity contribution is 0.0622. The molecule has 3 aromatic rings. The summed E-state index contributed by atoms with van der Waals surface area (Å²) < 4.78 is 28.3. The maximum atomic E-state index is 13.7. The Labute approximate surface area is 187 Å². The molecule has 6 rings (SSSR count). The number of carbonyl (C=O) groups excluding carboxylic acids is 2. The van der Waals surface area contributed by atoms with E-state index < -0.39 is 23.4 Å². The zero-order valence-corrected chi connectivity index (χ0v) is 18.0. The zero-order chi connectivity index (χ0) is 22.2. The minimum atomic E-state index is -0.854. The summed E-state index contributed by atoms with van der Waals surface area (Å²) in [7, 11) is 0. The Morgan fingerprint density at radius 3 is 2.44 bits per heavy atom. The Morgan fingerprint density at radius 2 is 1.75 bits per heavy atom. The van der Waals surface area contributed by atoms with Gasteiger partial charge < -0.3 is 20.9 Å². The molecule has 0 aliphatic carbocycles. The van der Waals surface area contributed by atoms with E-state index in [1.165, 1.54) is 17.4 Å². The van der Waals surface area contributed by atoms with E-state index in [2.05, 4.69) is 20.9 Å². The van der Waals surface area contributed by atoms with E-state index in [9.17, 15) is 18.4 Å². The molecule has 6 nitrogen and oxygen atoms in total. The minimum absolute atomic E-state index is 0.0766. The molecule has 166 valence electrons. The van der Waals surface area contributed by atoms with E-state index in [1.54, 1.807) is 18.2 Å². The molecule has 3 amide bonds. The van der Waals surface area contributed by atoms with Crippen molar-refractivity contribution in [1.82, 2.24) is 10.2 Å². The lowest BCUT2D eigenvalue weighted by atomic mass is 9.84. The predicted octanol–water partition coefficient (Wildman–Crippen LogP) is 4.65. The average molecular weight is 457 g/mol. The summed E-state index contributed by atoms with van der Waals surface area (Å²) in [4.78, 5) is 28.0. The first kappa shape index (κ1) is 20.8. The van der Waals surface area contributed by atoms with Crippen LogP contribution >= 0.6 is 11.3 Å². The van der Waals surface area contributed by atoms with Crippen LogP contribution in [0.4, 0.5) is 25.0 Å². The summed E-state index contributed by atoms with van der Waals surface area (Å²) in [5.74, 6) is -1.24. The Balaban J connectivity index is 1.26. The van der Waals surface area contributed by atoms with Gasteiger partial charge in [0.05, 0.1) is 4.88 Å². The van der Waals surface area contributed by atoms with Crippen molar-refractivity contribution in [3.8, 4) is 0 Å². The normalized spacial score (nSPS) is 22.0. The summed E-state index contributed by atoms with van der Waals surface area (Å²) in [6.07, 6.45) is 2.26. The molecule has 1 aromatic heterocycles. The van der Waals surface area contributed by atoms with Gasteiger partial charge in [0.1, 0.15) is 17.3 Å². The first-order valence-electron chi connectivity index (χ1n) is 10.5. The van der Waals surface area contributed by atoms with Crippen molar-refractivity contribution >= 4 is 44.7 Å². The number of anilines is 2. The topological polar surface area (TPSA) is 73.5 Å². The van der Waals surface area contributed by atoms with Gasteiger partial charge in [-0.3, -0.25) is 4.79 Å². The number of para-hydroxylation sites is 1. The number of fused-ring (bicyclic) bond motifs is 4. The van der Waals surface area contributed by atoms with Crippen molar-refractivity contribution in [1.29, 1.82) is 0 Å². The fraction of sp³-hybridized carbons (Fsp3) is 0.304. The summed E-state index contributed by atoms with van der Waals surface area (Å²) in [6.45, 7) is 3.15. The Morgan fingerprint density at radius 1 is 1.00 bits per heavy atom. The van der Waals surface area contributed by atoms with Gasteiger partial charge >= 0.3 is 6.03 Å². The first-order valence-corrected chi connectivity index (χ1v) is 11.4. The number of nitrogens with zero attached hydrogens (tertiary/aromatic N) is 1. The largest absolute Gasteiger partial charge is 0.347 e. The number of halogens is 2. The van der Waals surface area contributed by atoms with Crippen LogP contribution in [0, 0.1) is 17.6 Å². The van der Waals surface area contributed by atoms with Crippen LogP contribution in [-0.2, 0) is 0 Å². The highest BCUT2D eigenvalue weighted by Crippen LogP contribution is 2.31. The third-order valence-electron chi connectivity index (χ3n) is 6.18. The molecule has 0 saturated carbocycles. The van der Waals surface area contributed by atoms with Crippen molar-refractivity contribution in [3.63, 3.8) is 0 Å². The van der Waals surface area contributed by atoms with E-state index in [-0.39, 0.29) is 11.9 Å². The number of nitrogens with one attached hydrogen (secondary N) is 3. The summed E-state index contributed by atoms with van der Waals surface area (Å²) in [5.41, 5.74) is -0.0492. The van der Waals surface area contributed by atoms with Gasteiger partial charge in [-0.15, -0.1) is 11.3 Å². The zero-order valence-electron chi connectivity index (χ0n) is 17.2. The quantitative estimate of drug-likeness (QED) is 0.535. The van der Waals surface area contributed by atoms with Crippen molar-refractivity contribution in [2.24, 2.45) is 5.92 Å². The third kappa shape index (κ3) is 4.18. The number of benzene rings is 2. The molecule has 3 aliphatic rings. The lowest BCUT2D eigenvalue weighted by Gasteiger charge is -2.44. The second-order valence-corrected chi connectivity index (χ2v) is 9.34. The summed E-state index contributed by atoms with van der Waals surface area (Å²) in [6, 6.07) is 9.86. The summed E-state index contributed by atoms with van der Waals surface area (Å²) >= 11 is 1.35. The highest BCUT2D eigenvalue weighted by atomic mass is 32.1. The van der Waals surface area contributed by atoms with Crippen LogP contribution in [0.25, 0.3) is 10.1 Å². The maximum absolute atomic E-state index is 13.7. The number of hydrogen-bond acceptors (Lipinski definition) is 4. The Kier molecular flexibility index (Phi) is 5.52. The molecule has 0 spiro atoms. The molecule has 3 fully saturated rings. The van der Waals surface area contributed by atoms with Gasteiger partial charge in [0.25, 0.3) is 5.91 Å². The Hall–Kier alpha value is -3.04. The number of amides is 3. The highest BCUT2D eigenvalue weighted by molar-refractivity contribution is 7.20. The van der Waals surface area contributed by atoms with Crippen LogP contribution in [0.5, 0.6) is 0 Å². The minimum Gasteiger partial charge on any atom is -0.347 e. The fourth-order valence-electron chi connectivity index (χ4n) is 4.48. The van der Waals surface area contributed by atoms with Crippen molar-refractivity contribution in [2.45, 2.75) is 18.9 Å². The molecule has 0 unspecified atom stereocenters. The molecule has 3 N–H and O–H groups in total. The molecule has 3 aliphatic heterocycles. The van der Waals surface area contributed by atoms with Crippen molar-refractivity contribution < 1.29 is 18.4 Å².